The van der Waals surface area contributed by atoms with E-state index in [-0.39, 0.29) is 11.9 Å². The highest BCUT2D eigenvalue weighted by Gasteiger charge is 2.63. The van der Waals surface area contributed by atoms with E-state index in [1.807, 2.05) is 102 Å². The Hall–Kier alpha value is -4.45. The van der Waals surface area contributed by atoms with Gasteiger partial charge in [0.1, 0.15) is 11.2 Å². The lowest BCUT2D eigenvalue weighted by Gasteiger charge is -2.57. The molecule has 1 aliphatic heterocycles. The number of methoxy groups -OCH3 is 4. The minimum absolute atomic E-state index is 0.0417. The Labute approximate surface area is 217 Å². The second-order valence-corrected chi connectivity index (χ2v) is 8.77. The average Bonchev–Trinajstić information content (AvgIpc) is 2.96. The molecule has 0 saturated carbocycles. The zero-order valence-electron chi connectivity index (χ0n) is 21.3. The minimum Gasteiger partial charge on any atom is -0.497 e. The summed E-state index contributed by atoms with van der Waals surface area (Å²) in [7, 11) is 6.34. The smallest absolute Gasteiger partial charge is 0.245 e. The van der Waals surface area contributed by atoms with Gasteiger partial charge < -0.3 is 23.8 Å². The van der Waals surface area contributed by atoms with Crippen LogP contribution in [0.2, 0.25) is 0 Å². The molecule has 6 heteroatoms. The van der Waals surface area contributed by atoms with Crippen LogP contribution in [0, 0.1) is 0 Å². The summed E-state index contributed by atoms with van der Waals surface area (Å²) >= 11 is 0. The molecule has 4 aromatic rings. The topological polar surface area (TPSA) is 57.2 Å². The van der Waals surface area contributed by atoms with E-state index in [2.05, 4.69) is 0 Å². The van der Waals surface area contributed by atoms with Gasteiger partial charge in [-0.1, -0.05) is 72.8 Å². The number of ether oxygens (including phenoxy) is 4. The third-order valence-corrected chi connectivity index (χ3v) is 7.04. The van der Waals surface area contributed by atoms with Crippen molar-refractivity contribution in [2.75, 3.05) is 33.3 Å². The Morgan fingerprint density at radius 1 is 0.649 bits per heavy atom. The molecule has 1 aliphatic rings. The van der Waals surface area contributed by atoms with Crippen molar-refractivity contribution in [3.8, 4) is 23.0 Å². The number of nitrogens with zero attached hydrogens (tertiary/aromatic N) is 1. The second-order valence-electron chi connectivity index (χ2n) is 8.77. The van der Waals surface area contributed by atoms with Crippen LogP contribution in [-0.2, 0) is 10.2 Å². The first kappa shape index (κ1) is 24.3. The summed E-state index contributed by atoms with van der Waals surface area (Å²) in [6.07, 6.45) is 0. The van der Waals surface area contributed by atoms with Crippen molar-refractivity contribution in [2.24, 2.45) is 0 Å². The van der Waals surface area contributed by atoms with Crippen LogP contribution in [0.5, 0.6) is 23.0 Å². The van der Waals surface area contributed by atoms with Crippen LogP contribution in [0.4, 0.5) is 5.69 Å². The summed E-state index contributed by atoms with van der Waals surface area (Å²) < 4.78 is 22.1. The van der Waals surface area contributed by atoms with E-state index in [0.29, 0.717) is 22.9 Å². The van der Waals surface area contributed by atoms with Crippen LogP contribution >= 0.6 is 0 Å². The minimum atomic E-state index is -0.933. The molecule has 1 heterocycles. The summed E-state index contributed by atoms with van der Waals surface area (Å²) in [6.45, 7) is 0. The van der Waals surface area contributed by atoms with Crippen molar-refractivity contribution in [2.45, 2.75) is 11.5 Å². The van der Waals surface area contributed by atoms with Crippen LogP contribution in [-0.4, -0.2) is 34.3 Å². The van der Waals surface area contributed by atoms with Gasteiger partial charge in [0.15, 0.2) is 11.5 Å². The van der Waals surface area contributed by atoms with Crippen molar-refractivity contribution in [3.63, 3.8) is 0 Å². The van der Waals surface area contributed by atoms with Gasteiger partial charge in [-0.15, -0.1) is 0 Å². The fourth-order valence-electron chi connectivity index (χ4n) is 5.34. The number of hydrogen-bond acceptors (Lipinski definition) is 5. The van der Waals surface area contributed by atoms with Crippen molar-refractivity contribution in [3.05, 3.63) is 114 Å². The number of benzene rings is 4. The highest BCUT2D eigenvalue weighted by atomic mass is 16.5. The van der Waals surface area contributed by atoms with Gasteiger partial charge in [-0.25, -0.2) is 0 Å². The first-order valence-corrected chi connectivity index (χ1v) is 12.0. The SMILES string of the molecule is COc1ccc([C@H]2N(c3cc(OC)c(OC)c(OC)c3)C(=O)C2(c2ccccc2)c2ccccc2)cc1. The summed E-state index contributed by atoms with van der Waals surface area (Å²) in [6, 6.07) is 31.1. The molecule has 0 N–H and O–H groups in total. The van der Waals surface area contributed by atoms with E-state index in [9.17, 15) is 4.79 Å². The number of rotatable bonds is 8. The summed E-state index contributed by atoms with van der Waals surface area (Å²) in [5.41, 5.74) is 2.55. The van der Waals surface area contributed by atoms with Gasteiger partial charge in [-0.2, -0.15) is 0 Å². The number of carbonyl (C=O) groups excluding carboxylic acids is 1. The van der Waals surface area contributed by atoms with Crippen LogP contribution in [0.3, 0.4) is 0 Å². The normalized spacial score (nSPS) is 16.1. The summed E-state index contributed by atoms with van der Waals surface area (Å²) in [5, 5.41) is 0. The monoisotopic (exact) mass is 495 g/mol. The molecule has 5 rings (SSSR count). The van der Waals surface area contributed by atoms with Crippen LogP contribution in [0.15, 0.2) is 97.1 Å². The molecule has 37 heavy (non-hydrogen) atoms. The van der Waals surface area contributed by atoms with E-state index in [1.165, 1.54) is 0 Å². The maximum atomic E-state index is 14.5. The Morgan fingerprint density at radius 3 is 1.59 bits per heavy atom. The largest absolute Gasteiger partial charge is 0.497 e. The molecule has 6 nitrogen and oxygen atoms in total. The number of hydrogen-bond donors (Lipinski definition) is 0. The van der Waals surface area contributed by atoms with E-state index in [0.717, 1.165) is 22.4 Å². The van der Waals surface area contributed by atoms with Gasteiger partial charge in [0.05, 0.1) is 40.2 Å². The molecule has 1 saturated heterocycles. The lowest BCUT2D eigenvalue weighted by Crippen LogP contribution is -2.67. The fraction of sp³-hybridized carbons (Fsp3) is 0.194. The van der Waals surface area contributed by atoms with E-state index < -0.39 is 5.41 Å². The Kier molecular flexibility index (Phi) is 6.49. The number of β-lactam (4-membered cyclic amide) rings is 1. The first-order valence-electron chi connectivity index (χ1n) is 12.0. The van der Waals surface area contributed by atoms with Crippen LogP contribution in [0.1, 0.15) is 22.7 Å². The zero-order chi connectivity index (χ0) is 26.0. The average molecular weight is 496 g/mol. The number of carbonyl (C=O) groups is 1. The van der Waals surface area contributed by atoms with E-state index in [4.69, 9.17) is 18.9 Å². The number of anilines is 1. The Morgan fingerprint density at radius 2 is 1.16 bits per heavy atom. The maximum absolute atomic E-state index is 14.5. The van der Waals surface area contributed by atoms with Gasteiger partial charge in [-0.3, -0.25) is 4.79 Å². The van der Waals surface area contributed by atoms with Gasteiger partial charge in [0.2, 0.25) is 11.7 Å². The number of amides is 1. The quantitative estimate of drug-likeness (QED) is 0.290. The summed E-state index contributed by atoms with van der Waals surface area (Å²) in [4.78, 5) is 16.3. The van der Waals surface area contributed by atoms with Crippen molar-refractivity contribution < 1.29 is 23.7 Å². The third kappa shape index (κ3) is 3.76. The van der Waals surface area contributed by atoms with Crippen LogP contribution in [0.25, 0.3) is 0 Å². The molecule has 0 bridgehead atoms. The lowest BCUT2D eigenvalue weighted by molar-refractivity contribution is -0.131. The molecule has 0 unspecified atom stereocenters. The standard InChI is InChI=1S/C31H29NO5/c1-34-25-17-15-21(16-18-25)29-31(22-11-7-5-8-12-22,23-13-9-6-10-14-23)30(33)32(29)24-19-26(35-2)28(37-4)27(20-24)36-3/h5-20,29H,1-4H3/t29-/m1/s1. The van der Waals surface area contributed by atoms with Gasteiger partial charge in [-0.05, 0) is 28.8 Å². The molecular formula is C31H29NO5. The second kappa shape index (κ2) is 9.90. The highest BCUT2D eigenvalue weighted by molar-refractivity contribution is 6.13. The van der Waals surface area contributed by atoms with Gasteiger partial charge >= 0.3 is 0 Å². The van der Waals surface area contributed by atoms with E-state index >= 15 is 0 Å². The predicted molar refractivity (Wildman–Crippen MR) is 143 cm³/mol. The van der Waals surface area contributed by atoms with E-state index in [1.54, 1.807) is 28.4 Å². The van der Waals surface area contributed by atoms with Crippen LogP contribution < -0.4 is 23.8 Å². The van der Waals surface area contributed by atoms with Crippen molar-refractivity contribution in [1.29, 1.82) is 0 Å². The highest BCUT2D eigenvalue weighted by Crippen LogP contribution is 2.58. The lowest BCUT2D eigenvalue weighted by atomic mass is 9.59. The molecule has 1 atom stereocenters. The van der Waals surface area contributed by atoms with Gasteiger partial charge in [0, 0.05) is 12.1 Å². The molecule has 0 radical (unpaired) electrons. The molecule has 4 aromatic carbocycles. The molecular weight excluding hydrogens is 466 g/mol. The molecule has 188 valence electrons. The molecule has 0 spiro atoms. The Bertz CT molecular complexity index is 1320. The Balaban J connectivity index is 1.77. The maximum Gasteiger partial charge on any atom is 0.245 e. The molecule has 1 fully saturated rings. The molecule has 0 aromatic heterocycles. The molecule has 0 aliphatic carbocycles. The summed E-state index contributed by atoms with van der Waals surface area (Å²) in [5.74, 6) is 2.14. The van der Waals surface area contributed by atoms with Gasteiger partial charge in [0.25, 0.3) is 0 Å². The zero-order valence-corrected chi connectivity index (χ0v) is 21.3. The predicted octanol–water partition coefficient (Wildman–Crippen LogP) is 5.80. The fourth-order valence-corrected chi connectivity index (χ4v) is 5.34. The van der Waals surface area contributed by atoms with Crippen molar-refractivity contribution in [1.82, 2.24) is 0 Å². The van der Waals surface area contributed by atoms with Crippen molar-refractivity contribution >= 4 is 11.6 Å². The third-order valence-electron chi connectivity index (χ3n) is 7.04. The first-order chi connectivity index (χ1) is 18.1. The molecule has 1 amide bonds.